The summed E-state index contributed by atoms with van der Waals surface area (Å²) in [6.45, 7) is 0.113. The smallest absolute Gasteiger partial charge is 0.345 e. The zero-order valence-electron chi connectivity index (χ0n) is 18.0. The molecule has 0 saturated heterocycles. The number of amides is 1. The van der Waals surface area contributed by atoms with Gasteiger partial charge in [-0.25, -0.2) is 10.2 Å². The molecule has 0 bridgehead atoms. The number of hydrazone groups is 1. The maximum atomic E-state index is 12.8. The highest BCUT2D eigenvalue weighted by Gasteiger charge is 2.18. The first-order valence-electron chi connectivity index (χ1n) is 10.4. The second-order valence-corrected chi connectivity index (χ2v) is 8.32. The van der Waals surface area contributed by atoms with Crippen LogP contribution in [0.3, 0.4) is 0 Å². The maximum Gasteiger partial charge on any atom is 0.345 e. The van der Waals surface area contributed by atoms with E-state index < -0.39 is 11.9 Å². The van der Waals surface area contributed by atoms with Crippen LogP contribution in [0, 0.1) is 0 Å². The first-order valence-corrected chi connectivity index (χ1v) is 11.2. The molecule has 1 heterocycles. The molecule has 4 aromatic rings. The second kappa shape index (κ2) is 9.66. The molecule has 1 N–H and O–H groups in total. The molecule has 0 aromatic heterocycles. The number of nitrogens with zero attached hydrogens (tertiary/aromatic N) is 1. The summed E-state index contributed by atoms with van der Waals surface area (Å²) in [4.78, 5) is 25.4. The van der Waals surface area contributed by atoms with E-state index in [0.717, 1.165) is 10.8 Å². The van der Waals surface area contributed by atoms with Gasteiger partial charge in [-0.1, -0.05) is 53.5 Å². The highest BCUT2D eigenvalue weighted by molar-refractivity contribution is 6.36. The van der Waals surface area contributed by atoms with Crippen molar-refractivity contribution in [2.75, 3.05) is 6.79 Å². The molecule has 35 heavy (non-hydrogen) atoms. The predicted molar refractivity (Wildman–Crippen MR) is 133 cm³/mol. The molecular weight excluding hydrogens is 491 g/mol. The van der Waals surface area contributed by atoms with Crippen molar-refractivity contribution in [3.05, 3.63) is 99.5 Å². The molecular formula is C26H16Cl2N2O5. The molecule has 1 amide bonds. The molecule has 1 aliphatic heterocycles. The van der Waals surface area contributed by atoms with Crippen LogP contribution in [0.2, 0.25) is 10.0 Å². The Bertz CT molecular complexity index is 1500. The summed E-state index contributed by atoms with van der Waals surface area (Å²) < 4.78 is 16.2. The van der Waals surface area contributed by atoms with E-state index in [1.165, 1.54) is 18.3 Å². The lowest BCUT2D eigenvalue weighted by Crippen LogP contribution is -2.17. The van der Waals surface area contributed by atoms with E-state index in [4.69, 9.17) is 37.4 Å². The van der Waals surface area contributed by atoms with E-state index in [1.54, 1.807) is 30.3 Å². The van der Waals surface area contributed by atoms with Gasteiger partial charge in [0.05, 0.1) is 16.8 Å². The van der Waals surface area contributed by atoms with Crippen LogP contribution in [-0.2, 0) is 0 Å². The average Bonchev–Trinajstić information content (AvgIpc) is 3.33. The third-order valence-electron chi connectivity index (χ3n) is 5.28. The summed E-state index contributed by atoms with van der Waals surface area (Å²) in [5.74, 6) is 0.229. The Morgan fingerprint density at radius 2 is 1.77 bits per heavy atom. The Hall–Kier alpha value is -4.07. The Morgan fingerprint density at radius 1 is 0.943 bits per heavy atom. The van der Waals surface area contributed by atoms with Crippen LogP contribution in [0.15, 0.2) is 77.9 Å². The number of carbonyl (C=O) groups is 2. The van der Waals surface area contributed by atoms with Crippen molar-refractivity contribution in [2.45, 2.75) is 0 Å². The van der Waals surface area contributed by atoms with Gasteiger partial charge in [-0.05, 0) is 53.2 Å². The molecule has 0 aliphatic carbocycles. The van der Waals surface area contributed by atoms with E-state index in [2.05, 4.69) is 10.5 Å². The third kappa shape index (κ3) is 4.77. The highest BCUT2D eigenvalue weighted by Crippen LogP contribution is 2.32. The van der Waals surface area contributed by atoms with E-state index in [1.807, 2.05) is 30.3 Å². The van der Waals surface area contributed by atoms with Crippen LogP contribution in [0.5, 0.6) is 17.2 Å². The molecule has 0 fully saturated rings. The fourth-order valence-electron chi connectivity index (χ4n) is 3.57. The van der Waals surface area contributed by atoms with Crippen LogP contribution in [0.25, 0.3) is 10.8 Å². The molecule has 0 spiro atoms. The van der Waals surface area contributed by atoms with Crippen molar-refractivity contribution >= 4 is 52.1 Å². The standard InChI is InChI=1S/C26H16Cl2N2O5/c27-17-7-8-19(21(28)12-17)26(32)35-22-9-5-15-3-1-2-4-18(15)20(22)13-29-30-25(31)16-6-10-23-24(11-16)34-14-33-23/h1-13H,14H2,(H,30,31)/b29-13+. The lowest BCUT2D eigenvalue weighted by molar-refractivity contribution is 0.0734. The number of esters is 1. The van der Waals surface area contributed by atoms with Gasteiger partial charge in [0.2, 0.25) is 6.79 Å². The lowest BCUT2D eigenvalue weighted by atomic mass is 10.0. The van der Waals surface area contributed by atoms with E-state index in [0.29, 0.717) is 27.6 Å². The molecule has 0 atom stereocenters. The van der Waals surface area contributed by atoms with E-state index in [9.17, 15) is 9.59 Å². The summed E-state index contributed by atoms with van der Waals surface area (Å²) in [6, 6.07) is 20.4. The first-order chi connectivity index (χ1) is 17.0. The molecule has 9 heteroatoms. The minimum Gasteiger partial charge on any atom is -0.454 e. The number of fused-ring (bicyclic) bond motifs is 2. The fraction of sp³-hybridized carbons (Fsp3) is 0.0385. The van der Waals surface area contributed by atoms with Gasteiger partial charge in [-0.3, -0.25) is 4.79 Å². The zero-order valence-corrected chi connectivity index (χ0v) is 19.5. The second-order valence-electron chi connectivity index (χ2n) is 7.48. The molecule has 7 nitrogen and oxygen atoms in total. The number of nitrogens with one attached hydrogen (secondary N) is 1. The van der Waals surface area contributed by atoms with Crippen molar-refractivity contribution in [3.8, 4) is 17.2 Å². The summed E-state index contributed by atoms with van der Waals surface area (Å²) in [5, 5.41) is 6.36. The fourth-order valence-corrected chi connectivity index (χ4v) is 4.05. The molecule has 1 aliphatic rings. The maximum absolute atomic E-state index is 12.8. The van der Waals surface area contributed by atoms with Crippen LogP contribution in [0.1, 0.15) is 26.3 Å². The quantitative estimate of drug-likeness (QED) is 0.158. The summed E-state index contributed by atoms with van der Waals surface area (Å²) in [5.41, 5.74) is 3.52. The number of halogens is 2. The SMILES string of the molecule is O=C(N/N=C/c1c(OC(=O)c2ccc(Cl)cc2Cl)ccc2ccccc12)c1ccc2c(c1)OCO2. The van der Waals surface area contributed by atoms with Crippen molar-refractivity contribution in [2.24, 2.45) is 5.10 Å². The van der Waals surface area contributed by atoms with Gasteiger partial charge >= 0.3 is 5.97 Å². The topological polar surface area (TPSA) is 86.2 Å². The summed E-state index contributed by atoms with van der Waals surface area (Å²) >= 11 is 12.1. The van der Waals surface area contributed by atoms with Crippen molar-refractivity contribution in [1.82, 2.24) is 5.43 Å². The molecule has 0 unspecified atom stereocenters. The van der Waals surface area contributed by atoms with Crippen LogP contribution < -0.4 is 19.6 Å². The van der Waals surface area contributed by atoms with Crippen LogP contribution >= 0.6 is 23.2 Å². The van der Waals surface area contributed by atoms with Gasteiger partial charge < -0.3 is 14.2 Å². The Morgan fingerprint density at radius 3 is 2.63 bits per heavy atom. The summed E-state index contributed by atoms with van der Waals surface area (Å²) in [7, 11) is 0. The van der Waals surface area contributed by atoms with Gasteiger partial charge in [-0.15, -0.1) is 0 Å². The van der Waals surface area contributed by atoms with Gasteiger partial charge in [0.15, 0.2) is 11.5 Å². The molecule has 5 rings (SSSR count). The number of benzene rings is 4. The molecule has 0 saturated carbocycles. The molecule has 174 valence electrons. The minimum absolute atomic E-state index is 0.113. The molecule has 4 aromatic carbocycles. The number of hydrogen-bond acceptors (Lipinski definition) is 6. The van der Waals surface area contributed by atoms with E-state index in [-0.39, 0.29) is 23.1 Å². The monoisotopic (exact) mass is 506 g/mol. The van der Waals surface area contributed by atoms with Crippen LogP contribution in [-0.4, -0.2) is 24.9 Å². The Kier molecular flexibility index (Phi) is 6.27. The van der Waals surface area contributed by atoms with E-state index >= 15 is 0 Å². The first kappa shape index (κ1) is 22.7. The Labute approximate surface area is 209 Å². The van der Waals surface area contributed by atoms with Gasteiger partial charge in [0, 0.05) is 16.1 Å². The highest BCUT2D eigenvalue weighted by atomic mass is 35.5. The number of rotatable bonds is 5. The van der Waals surface area contributed by atoms with Crippen molar-refractivity contribution in [3.63, 3.8) is 0 Å². The Balaban J connectivity index is 1.42. The number of carbonyl (C=O) groups excluding carboxylic acids is 2. The van der Waals surface area contributed by atoms with Crippen molar-refractivity contribution in [1.29, 1.82) is 0 Å². The van der Waals surface area contributed by atoms with Crippen LogP contribution in [0.4, 0.5) is 0 Å². The minimum atomic E-state index is -0.652. The third-order valence-corrected chi connectivity index (χ3v) is 5.83. The normalized spacial score (nSPS) is 12.2. The zero-order chi connectivity index (χ0) is 24.4. The van der Waals surface area contributed by atoms with Crippen molar-refractivity contribution < 1.29 is 23.8 Å². The lowest BCUT2D eigenvalue weighted by Gasteiger charge is -2.11. The largest absolute Gasteiger partial charge is 0.454 e. The number of ether oxygens (including phenoxy) is 3. The van der Waals surface area contributed by atoms with Gasteiger partial charge in [0.25, 0.3) is 5.91 Å². The average molecular weight is 507 g/mol. The molecule has 0 radical (unpaired) electrons. The van der Waals surface area contributed by atoms with Gasteiger partial charge in [0.1, 0.15) is 5.75 Å². The predicted octanol–water partition coefficient (Wildman–Crippen LogP) is 5.86. The number of hydrogen-bond donors (Lipinski definition) is 1. The summed E-state index contributed by atoms with van der Waals surface area (Å²) in [6.07, 6.45) is 1.43. The van der Waals surface area contributed by atoms with Gasteiger partial charge in [-0.2, -0.15) is 5.10 Å².